The zero-order valence-electron chi connectivity index (χ0n) is 25.4. The first-order chi connectivity index (χ1) is 21.5. The molecule has 0 radical (unpaired) electrons. The van der Waals surface area contributed by atoms with Gasteiger partial charge in [-0.2, -0.15) is 0 Å². The van der Waals surface area contributed by atoms with Gasteiger partial charge in [-0.05, 0) is 55.8 Å². The summed E-state index contributed by atoms with van der Waals surface area (Å²) in [7, 11) is 2.66. The molecule has 248 valence electrons. The second kappa shape index (κ2) is 17.8. The molecule has 0 aliphatic carbocycles. The average Bonchev–Trinajstić information content (AvgIpc) is 2.98. The van der Waals surface area contributed by atoms with Gasteiger partial charge < -0.3 is 42.7 Å². The van der Waals surface area contributed by atoms with Gasteiger partial charge in [0.2, 0.25) is 35.4 Å². The van der Waals surface area contributed by atoms with E-state index < -0.39 is 72.2 Å². The number of phenolic OH excluding ortho intramolecular Hbond substituents is 1. The Hall–Kier alpha value is -3.50. The van der Waals surface area contributed by atoms with Gasteiger partial charge in [-0.1, -0.05) is 47.6 Å². The van der Waals surface area contributed by atoms with Gasteiger partial charge in [0.1, 0.15) is 36.0 Å². The van der Waals surface area contributed by atoms with Crippen LogP contribution in [0.2, 0.25) is 0 Å². The molecule has 9 N–H and O–H groups in total. The number of rotatable bonds is 8. The van der Waals surface area contributed by atoms with Crippen molar-refractivity contribution in [2.24, 2.45) is 11.7 Å². The number of hydrogen-bond donors (Lipinski definition) is 8. The average molecular weight is 666 g/mol. The molecule has 6 amide bonds. The van der Waals surface area contributed by atoms with E-state index in [9.17, 15) is 33.9 Å². The van der Waals surface area contributed by atoms with Crippen molar-refractivity contribution in [3.8, 4) is 5.75 Å². The van der Waals surface area contributed by atoms with Crippen molar-refractivity contribution in [1.29, 1.82) is 0 Å². The Labute approximate surface area is 270 Å². The van der Waals surface area contributed by atoms with Crippen molar-refractivity contribution in [2.75, 3.05) is 24.6 Å². The van der Waals surface area contributed by atoms with Crippen molar-refractivity contribution in [1.82, 2.24) is 31.9 Å². The summed E-state index contributed by atoms with van der Waals surface area (Å²) in [5, 5.41) is 25.7. The number of nitrogens with two attached hydrogens (primary N) is 1. The maximum Gasteiger partial charge on any atom is 0.244 e. The van der Waals surface area contributed by atoms with Crippen molar-refractivity contribution in [3.63, 3.8) is 0 Å². The first kappa shape index (κ1) is 36.0. The Morgan fingerprint density at radius 1 is 0.756 bits per heavy atom. The summed E-state index contributed by atoms with van der Waals surface area (Å²) in [6.07, 6.45) is 1.61. The molecular weight excluding hydrogens is 622 g/mol. The predicted octanol–water partition coefficient (Wildman–Crippen LogP) is -0.941. The highest BCUT2D eigenvalue weighted by atomic mass is 33.1. The lowest BCUT2D eigenvalue weighted by atomic mass is 10.0. The Balaban J connectivity index is 1.95. The lowest BCUT2D eigenvalue weighted by molar-refractivity contribution is -0.135. The zero-order chi connectivity index (χ0) is 32.9. The second-order valence-corrected chi connectivity index (χ2v) is 14.0. The topological polar surface area (TPSA) is 221 Å². The minimum absolute atomic E-state index is 0.00161. The zero-order valence-corrected chi connectivity index (χ0v) is 27.1. The van der Waals surface area contributed by atoms with E-state index in [0.717, 1.165) is 0 Å². The van der Waals surface area contributed by atoms with Gasteiger partial charge in [0.05, 0.1) is 6.54 Å². The Bertz CT molecular complexity index is 1220. The number of unbranched alkanes of at least 4 members (excludes halogenated alkanes) is 1. The highest BCUT2D eigenvalue weighted by Crippen LogP contribution is 2.25. The predicted molar refractivity (Wildman–Crippen MR) is 172 cm³/mol. The molecule has 16 heteroatoms. The van der Waals surface area contributed by atoms with Crippen molar-refractivity contribution in [3.05, 3.63) is 29.8 Å². The van der Waals surface area contributed by atoms with Crippen LogP contribution in [0.1, 0.15) is 45.1 Å². The maximum absolute atomic E-state index is 13.6. The summed E-state index contributed by atoms with van der Waals surface area (Å²) in [5.74, 6) is -3.11. The molecule has 0 saturated carbocycles. The fourth-order valence-electron chi connectivity index (χ4n) is 4.76. The molecule has 0 spiro atoms. The third-order valence-electron chi connectivity index (χ3n) is 7.19. The first-order valence-corrected chi connectivity index (χ1v) is 17.5. The fourth-order valence-corrected chi connectivity index (χ4v) is 7.09. The van der Waals surface area contributed by atoms with Crippen LogP contribution in [-0.4, -0.2) is 95.4 Å². The van der Waals surface area contributed by atoms with Gasteiger partial charge in [0.15, 0.2) is 0 Å². The highest BCUT2D eigenvalue weighted by Gasteiger charge is 2.34. The third kappa shape index (κ3) is 11.7. The van der Waals surface area contributed by atoms with E-state index in [1.54, 1.807) is 12.1 Å². The summed E-state index contributed by atoms with van der Waals surface area (Å²) >= 11 is 0. The van der Waals surface area contributed by atoms with Crippen LogP contribution >= 0.6 is 21.6 Å². The molecule has 1 aromatic rings. The molecule has 5 atom stereocenters. The molecule has 2 aliphatic heterocycles. The number of hydrogen-bond acceptors (Lipinski definition) is 10. The summed E-state index contributed by atoms with van der Waals surface area (Å²) in [6, 6.07) is 0.942. The van der Waals surface area contributed by atoms with Crippen LogP contribution in [0.4, 0.5) is 0 Å². The number of amides is 6. The number of carbonyl (C=O) groups excluding carboxylic acids is 6. The summed E-state index contributed by atoms with van der Waals surface area (Å²) in [4.78, 5) is 79.7. The van der Waals surface area contributed by atoms with Crippen molar-refractivity contribution >= 4 is 57.0 Å². The lowest BCUT2D eigenvalue weighted by Crippen LogP contribution is -2.61. The number of phenols is 1. The van der Waals surface area contributed by atoms with E-state index >= 15 is 0 Å². The van der Waals surface area contributed by atoms with Crippen LogP contribution in [0, 0.1) is 5.92 Å². The van der Waals surface area contributed by atoms with E-state index in [-0.39, 0.29) is 42.4 Å². The minimum Gasteiger partial charge on any atom is -0.508 e. The molecule has 1 aromatic carbocycles. The summed E-state index contributed by atoms with van der Waals surface area (Å²) in [5.41, 5.74) is 6.28. The number of benzene rings is 1. The molecule has 45 heavy (non-hydrogen) atoms. The Morgan fingerprint density at radius 3 is 1.98 bits per heavy atom. The van der Waals surface area contributed by atoms with E-state index in [0.29, 0.717) is 24.9 Å². The Kier molecular flexibility index (Phi) is 14.3. The largest absolute Gasteiger partial charge is 0.508 e. The number of nitrogens with one attached hydrogen (secondary N) is 6. The van der Waals surface area contributed by atoms with Crippen molar-refractivity contribution < 1.29 is 33.9 Å². The van der Waals surface area contributed by atoms with E-state index in [1.807, 2.05) is 13.8 Å². The minimum atomic E-state index is -1.15. The lowest BCUT2D eigenvalue weighted by Gasteiger charge is -2.29. The molecule has 0 aromatic heterocycles. The molecular formula is C29H43N7O7S2. The molecule has 0 unspecified atom stereocenters. The fraction of sp³-hybridized carbons (Fsp3) is 0.586. The molecule has 2 fully saturated rings. The maximum atomic E-state index is 13.6. The molecule has 14 nitrogen and oxygen atoms in total. The number of carbonyl (C=O) groups is 6. The molecule has 2 bridgehead atoms. The standard InChI is InChI=1S/C29H43N7O7S2/c1-16(2)11-20-27(41)36-23-15-45-44-14-22(35-29(23)43)25(39)31-13-24(38)32-21(12-17-6-8-18(37)9-7-17)28(42)33-19(26(40)34-20)5-3-4-10-30/h6-9,16,19-23,37H,3-5,10-15,30H2,1-2H3,(H,31,39)(H,32,38)(H,33,42)(H,34,40)(H,35,43)(H,36,41)/t19-,20-,21-,22-,23-/m0/s1. The van der Waals surface area contributed by atoms with E-state index in [4.69, 9.17) is 5.73 Å². The van der Waals surface area contributed by atoms with Crippen LogP contribution in [0.25, 0.3) is 0 Å². The van der Waals surface area contributed by atoms with Crippen LogP contribution in [0.3, 0.4) is 0 Å². The monoisotopic (exact) mass is 665 g/mol. The number of aromatic hydroxyl groups is 1. The van der Waals surface area contributed by atoms with Crippen LogP contribution in [-0.2, 0) is 35.2 Å². The van der Waals surface area contributed by atoms with Crippen LogP contribution in [0.5, 0.6) is 5.75 Å². The quantitative estimate of drug-likeness (QED) is 0.126. The Morgan fingerprint density at radius 2 is 1.33 bits per heavy atom. The molecule has 3 rings (SSSR count). The summed E-state index contributed by atoms with van der Waals surface area (Å²) in [6.45, 7) is 3.69. The second-order valence-electron chi connectivity index (χ2n) is 11.4. The normalized spacial score (nSPS) is 25.8. The SMILES string of the molecule is CC(C)C[C@@H]1NC(=O)[C@H](CCCCN)NC(=O)[C@H](Cc2ccc(O)cc2)NC(=O)CNC(=O)[C@@H]2CSSC[C@H](NC1=O)C(=O)N2. The molecule has 2 aliphatic rings. The third-order valence-corrected chi connectivity index (χ3v) is 9.61. The summed E-state index contributed by atoms with van der Waals surface area (Å²) < 4.78 is 0. The van der Waals surface area contributed by atoms with Gasteiger partial charge in [-0.25, -0.2) is 0 Å². The highest BCUT2D eigenvalue weighted by molar-refractivity contribution is 8.76. The van der Waals surface area contributed by atoms with Crippen LogP contribution < -0.4 is 37.6 Å². The van der Waals surface area contributed by atoms with Gasteiger partial charge in [0.25, 0.3) is 0 Å². The van der Waals surface area contributed by atoms with E-state index in [1.165, 1.54) is 33.7 Å². The number of fused-ring (bicyclic) bond motifs is 3. The van der Waals surface area contributed by atoms with E-state index in [2.05, 4.69) is 31.9 Å². The van der Waals surface area contributed by atoms with Crippen molar-refractivity contribution in [2.45, 2.75) is 76.2 Å². The smallest absolute Gasteiger partial charge is 0.244 e. The van der Waals surface area contributed by atoms with Gasteiger partial charge in [-0.15, -0.1) is 0 Å². The van der Waals surface area contributed by atoms with Gasteiger partial charge in [-0.3, -0.25) is 28.8 Å². The molecule has 2 heterocycles. The van der Waals surface area contributed by atoms with Crippen LogP contribution in [0.15, 0.2) is 24.3 Å². The van der Waals surface area contributed by atoms with Gasteiger partial charge >= 0.3 is 0 Å². The van der Waals surface area contributed by atoms with Gasteiger partial charge in [0, 0.05) is 17.9 Å². The first-order valence-electron chi connectivity index (χ1n) is 15.0. The molecule has 2 saturated heterocycles.